The molecule has 4 heteroatoms. The Bertz CT molecular complexity index is 669. The van der Waals surface area contributed by atoms with Crippen molar-refractivity contribution >= 4 is 11.0 Å². The van der Waals surface area contributed by atoms with Crippen LogP contribution in [0.1, 0.15) is 18.2 Å². The van der Waals surface area contributed by atoms with E-state index in [0.29, 0.717) is 0 Å². The second kappa shape index (κ2) is 5.28. The van der Waals surface area contributed by atoms with Crippen molar-refractivity contribution in [2.75, 3.05) is 6.54 Å². The van der Waals surface area contributed by atoms with Crippen LogP contribution in [0.25, 0.3) is 11.0 Å². The van der Waals surface area contributed by atoms with Gasteiger partial charge in [-0.05, 0) is 24.7 Å². The fourth-order valence-electron chi connectivity index (χ4n) is 2.22. The molecule has 0 fully saturated rings. The maximum Gasteiger partial charge on any atom is 0.122 e. The van der Waals surface area contributed by atoms with Gasteiger partial charge >= 0.3 is 0 Å². The maximum absolute atomic E-state index is 5.53. The summed E-state index contributed by atoms with van der Waals surface area (Å²) in [4.78, 5) is 4.41. The quantitative estimate of drug-likeness (QED) is 0.762. The number of hydrogen-bond donors (Lipinski definition) is 1. The van der Waals surface area contributed by atoms with E-state index in [2.05, 4.69) is 27.9 Å². The minimum Gasteiger partial charge on any atom is -0.468 e. The van der Waals surface area contributed by atoms with Gasteiger partial charge < -0.3 is 14.3 Å². The third-order valence-corrected chi connectivity index (χ3v) is 3.24. The van der Waals surface area contributed by atoms with Gasteiger partial charge in [-0.1, -0.05) is 19.1 Å². The number of benzene rings is 1. The van der Waals surface area contributed by atoms with Crippen LogP contribution in [0.15, 0.2) is 47.3 Å². The average molecular weight is 255 g/mol. The van der Waals surface area contributed by atoms with E-state index in [-0.39, 0.29) is 0 Å². The fraction of sp³-hybridized carbons (Fsp3) is 0.267. The van der Waals surface area contributed by atoms with Gasteiger partial charge in [0.05, 0.1) is 36.7 Å². The number of fused-ring (bicyclic) bond motifs is 1. The topological polar surface area (TPSA) is 43.0 Å². The molecule has 0 atom stereocenters. The standard InChI is InChI=1S/C15H17N3O/c1-2-16-9-15-12(7-8-19-15)10-18-11-17-13-5-3-4-6-14(13)18/h3-8,11,16H,2,9-10H2,1H3. The molecule has 0 unspecified atom stereocenters. The van der Waals surface area contributed by atoms with Crippen molar-refractivity contribution in [2.24, 2.45) is 0 Å². The first-order valence-electron chi connectivity index (χ1n) is 6.54. The number of hydrogen-bond acceptors (Lipinski definition) is 3. The summed E-state index contributed by atoms with van der Waals surface area (Å²) in [5.41, 5.74) is 3.38. The molecule has 0 amide bonds. The molecule has 3 aromatic rings. The van der Waals surface area contributed by atoms with Crippen molar-refractivity contribution in [1.82, 2.24) is 14.9 Å². The van der Waals surface area contributed by atoms with Gasteiger partial charge in [0, 0.05) is 5.56 Å². The number of aromatic nitrogens is 2. The summed E-state index contributed by atoms with van der Waals surface area (Å²) in [7, 11) is 0. The van der Waals surface area contributed by atoms with Crippen LogP contribution in [-0.4, -0.2) is 16.1 Å². The summed E-state index contributed by atoms with van der Waals surface area (Å²) in [5.74, 6) is 1.000. The molecular formula is C15H17N3O. The number of furan rings is 1. The van der Waals surface area contributed by atoms with Crippen LogP contribution in [0.3, 0.4) is 0 Å². The highest BCUT2D eigenvalue weighted by Crippen LogP contribution is 2.17. The van der Waals surface area contributed by atoms with Crippen molar-refractivity contribution < 1.29 is 4.42 Å². The number of para-hydroxylation sites is 2. The smallest absolute Gasteiger partial charge is 0.122 e. The molecule has 0 bridgehead atoms. The largest absolute Gasteiger partial charge is 0.468 e. The summed E-state index contributed by atoms with van der Waals surface area (Å²) in [6.07, 6.45) is 3.63. The Balaban J connectivity index is 1.87. The molecule has 4 nitrogen and oxygen atoms in total. The molecule has 0 aliphatic rings. The summed E-state index contributed by atoms with van der Waals surface area (Å²) in [6.45, 7) is 4.59. The number of imidazole rings is 1. The van der Waals surface area contributed by atoms with Crippen LogP contribution in [0.4, 0.5) is 0 Å². The van der Waals surface area contributed by atoms with E-state index in [9.17, 15) is 0 Å². The summed E-state index contributed by atoms with van der Waals surface area (Å²) < 4.78 is 7.68. The Morgan fingerprint density at radius 3 is 3.05 bits per heavy atom. The van der Waals surface area contributed by atoms with E-state index < -0.39 is 0 Å². The van der Waals surface area contributed by atoms with Gasteiger partial charge in [-0.3, -0.25) is 0 Å². The van der Waals surface area contributed by atoms with E-state index >= 15 is 0 Å². The lowest BCUT2D eigenvalue weighted by Crippen LogP contribution is -2.13. The second-order valence-electron chi connectivity index (χ2n) is 4.51. The minimum atomic E-state index is 0.769. The maximum atomic E-state index is 5.53. The molecule has 2 heterocycles. The molecule has 0 saturated carbocycles. The van der Waals surface area contributed by atoms with Gasteiger partial charge in [-0.15, -0.1) is 0 Å². The van der Waals surface area contributed by atoms with Crippen LogP contribution in [0.2, 0.25) is 0 Å². The zero-order valence-electron chi connectivity index (χ0n) is 11.0. The lowest BCUT2D eigenvalue weighted by Gasteiger charge is -2.05. The Morgan fingerprint density at radius 2 is 2.16 bits per heavy atom. The Morgan fingerprint density at radius 1 is 1.26 bits per heavy atom. The number of nitrogens with zero attached hydrogens (tertiary/aromatic N) is 2. The monoisotopic (exact) mass is 255 g/mol. The Kier molecular flexibility index (Phi) is 3.33. The highest BCUT2D eigenvalue weighted by atomic mass is 16.3. The summed E-state index contributed by atoms with van der Waals surface area (Å²) in [6, 6.07) is 10.2. The van der Waals surface area contributed by atoms with E-state index in [4.69, 9.17) is 4.42 Å². The van der Waals surface area contributed by atoms with Crippen molar-refractivity contribution in [2.45, 2.75) is 20.0 Å². The number of nitrogens with one attached hydrogen (secondary N) is 1. The summed E-state index contributed by atoms with van der Waals surface area (Å²) >= 11 is 0. The van der Waals surface area contributed by atoms with Crippen molar-refractivity contribution in [1.29, 1.82) is 0 Å². The van der Waals surface area contributed by atoms with Gasteiger partial charge in [0.15, 0.2) is 0 Å². The summed E-state index contributed by atoms with van der Waals surface area (Å²) in [5, 5.41) is 3.29. The lowest BCUT2D eigenvalue weighted by atomic mass is 10.2. The van der Waals surface area contributed by atoms with Gasteiger partial charge in [-0.2, -0.15) is 0 Å². The molecule has 19 heavy (non-hydrogen) atoms. The first kappa shape index (κ1) is 12.0. The highest BCUT2D eigenvalue weighted by molar-refractivity contribution is 5.75. The van der Waals surface area contributed by atoms with Gasteiger partial charge in [-0.25, -0.2) is 4.98 Å². The van der Waals surface area contributed by atoms with Crippen LogP contribution < -0.4 is 5.32 Å². The minimum absolute atomic E-state index is 0.769. The molecule has 0 saturated heterocycles. The van der Waals surface area contributed by atoms with Crippen molar-refractivity contribution in [3.8, 4) is 0 Å². The third-order valence-electron chi connectivity index (χ3n) is 3.24. The van der Waals surface area contributed by atoms with E-state index in [1.807, 2.05) is 30.6 Å². The molecule has 2 aromatic heterocycles. The van der Waals surface area contributed by atoms with Crippen LogP contribution in [-0.2, 0) is 13.1 Å². The molecule has 0 radical (unpaired) electrons. The lowest BCUT2D eigenvalue weighted by molar-refractivity contribution is 0.481. The van der Waals surface area contributed by atoms with E-state index in [1.165, 1.54) is 5.56 Å². The normalized spacial score (nSPS) is 11.2. The second-order valence-corrected chi connectivity index (χ2v) is 4.51. The number of rotatable bonds is 5. The molecule has 0 aliphatic heterocycles. The zero-order chi connectivity index (χ0) is 13.1. The van der Waals surface area contributed by atoms with Crippen molar-refractivity contribution in [3.05, 3.63) is 54.2 Å². The van der Waals surface area contributed by atoms with Crippen LogP contribution in [0.5, 0.6) is 0 Å². The molecule has 1 aromatic carbocycles. The van der Waals surface area contributed by atoms with E-state index in [1.54, 1.807) is 6.26 Å². The third kappa shape index (κ3) is 2.39. The average Bonchev–Trinajstić information content (AvgIpc) is 3.05. The molecular weight excluding hydrogens is 238 g/mol. The van der Waals surface area contributed by atoms with Gasteiger partial charge in [0.1, 0.15) is 5.76 Å². The molecule has 0 aliphatic carbocycles. The molecule has 98 valence electrons. The van der Waals surface area contributed by atoms with E-state index in [0.717, 1.165) is 36.4 Å². The molecule has 3 rings (SSSR count). The predicted octanol–water partition coefficient (Wildman–Crippen LogP) is 2.79. The van der Waals surface area contributed by atoms with Crippen molar-refractivity contribution in [3.63, 3.8) is 0 Å². The van der Waals surface area contributed by atoms with Crippen LogP contribution in [0, 0.1) is 0 Å². The highest BCUT2D eigenvalue weighted by Gasteiger charge is 2.08. The molecule has 1 N–H and O–H groups in total. The van der Waals surface area contributed by atoms with Gasteiger partial charge in [0.25, 0.3) is 0 Å². The Labute approximate surface area is 112 Å². The first-order chi connectivity index (χ1) is 9.38. The Hall–Kier alpha value is -2.07. The fourth-order valence-corrected chi connectivity index (χ4v) is 2.22. The SMILES string of the molecule is CCNCc1occc1Cn1cnc2ccccc21. The predicted molar refractivity (Wildman–Crippen MR) is 74.9 cm³/mol. The van der Waals surface area contributed by atoms with Crippen LogP contribution >= 0.6 is 0 Å². The first-order valence-corrected chi connectivity index (χ1v) is 6.54. The van der Waals surface area contributed by atoms with Gasteiger partial charge in [0.2, 0.25) is 0 Å². The zero-order valence-corrected chi connectivity index (χ0v) is 11.0. The molecule has 0 spiro atoms.